The summed E-state index contributed by atoms with van der Waals surface area (Å²) in [5.41, 5.74) is 1.13. The zero-order chi connectivity index (χ0) is 13.1. The van der Waals surface area contributed by atoms with E-state index in [0.29, 0.717) is 12.1 Å². The molecular weight excluding hydrogens is 238 g/mol. The van der Waals surface area contributed by atoms with Gasteiger partial charge in [-0.2, -0.15) is 0 Å². The minimum absolute atomic E-state index is 0.458. The minimum atomic E-state index is 0.458. The van der Waals surface area contributed by atoms with Gasteiger partial charge in [-0.3, -0.25) is 0 Å². The summed E-state index contributed by atoms with van der Waals surface area (Å²) in [6.45, 7) is 5.18. The van der Waals surface area contributed by atoms with Crippen molar-refractivity contribution in [3.8, 4) is 0 Å². The molecule has 2 fully saturated rings. The first-order valence-corrected chi connectivity index (χ1v) is 7.44. The van der Waals surface area contributed by atoms with E-state index in [1.165, 1.54) is 12.8 Å². The van der Waals surface area contributed by atoms with Crippen LogP contribution in [0.25, 0.3) is 0 Å². The predicted molar refractivity (Wildman–Crippen MR) is 77.7 cm³/mol. The molecule has 1 saturated carbocycles. The number of pyridine rings is 1. The lowest BCUT2D eigenvalue weighted by Crippen LogP contribution is -2.40. The van der Waals surface area contributed by atoms with E-state index in [1.807, 2.05) is 6.20 Å². The highest BCUT2D eigenvalue weighted by Crippen LogP contribution is 2.27. The molecule has 1 aromatic rings. The summed E-state index contributed by atoms with van der Waals surface area (Å²) < 4.78 is 5.57. The van der Waals surface area contributed by atoms with Crippen LogP contribution in [0.15, 0.2) is 18.3 Å². The van der Waals surface area contributed by atoms with Gasteiger partial charge in [0.25, 0.3) is 0 Å². The molecule has 1 aliphatic heterocycles. The Morgan fingerprint density at radius 3 is 2.74 bits per heavy atom. The lowest BCUT2D eigenvalue weighted by atomic mass is 9.89. The van der Waals surface area contributed by atoms with Crippen molar-refractivity contribution in [2.45, 2.75) is 44.8 Å². The first-order valence-electron chi connectivity index (χ1n) is 7.44. The summed E-state index contributed by atoms with van der Waals surface area (Å²) in [6, 6.07) is 4.83. The molecule has 2 heterocycles. The van der Waals surface area contributed by atoms with Gasteiger partial charge < -0.3 is 15.0 Å². The average Bonchev–Trinajstić information content (AvgIpc) is 2.91. The lowest BCUT2D eigenvalue weighted by Gasteiger charge is -2.36. The van der Waals surface area contributed by atoms with Crippen LogP contribution in [0.4, 0.5) is 11.5 Å². The van der Waals surface area contributed by atoms with Crippen molar-refractivity contribution in [2.24, 2.45) is 0 Å². The maximum Gasteiger partial charge on any atom is 0.128 e. The largest absolute Gasteiger partial charge is 0.381 e. The Morgan fingerprint density at radius 1 is 1.32 bits per heavy atom. The van der Waals surface area contributed by atoms with Gasteiger partial charge in [-0.05, 0) is 44.7 Å². The number of nitrogens with one attached hydrogen (secondary N) is 1. The van der Waals surface area contributed by atoms with Crippen LogP contribution >= 0.6 is 0 Å². The summed E-state index contributed by atoms with van der Waals surface area (Å²) in [4.78, 5) is 6.92. The number of nitrogens with zero attached hydrogens (tertiary/aromatic N) is 2. The number of aromatic nitrogens is 1. The fourth-order valence-electron chi connectivity index (χ4n) is 2.90. The SMILES string of the molecule is CCOC1CC(Nc2ccc(N3CCCC3)nc2)C1. The van der Waals surface area contributed by atoms with Gasteiger partial charge >= 0.3 is 0 Å². The second-order valence-corrected chi connectivity index (χ2v) is 5.49. The van der Waals surface area contributed by atoms with Crippen molar-refractivity contribution in [1.29, 1.82) is 0 Å². The van der Waals surface area contributed by atoms with Crippen molar-refractivity contribution < 1.29 is 4.74 Å². The summed E-state index contributed by atoms with van der Waals surface area (Å²) in [5, 5.41) is 3.52. The van der Waals surface area contributed by atoms with E-state index in [2.05, 4.69) is 34.3 Å². The Hall–Kier alpha value is -1.29. The highest BCUT2D eigenvalue weighted by molar-refractivity contribution is 5.49. The van der Waals surface area contributed by atoms with Gasteiger partial charge in [-0.15, -0.1) is 0 Å². The Morgan fingerprint density at radius 2 is 2.11 bits per heavy atom. The van der Waals surface area contributed by atoms with Crippen LogP contribution in [-0.4, -0.2) is 36.8 Å². The first kappa shape index (κ1) is 12.7. The number of hydrogen-bond acceptors (Lipinski definition) is 4. The number of ether oxygens (including phenoxy) is 1. The maximum absolute atomic E-state index is 5.57. The molecule has 104 valence electrons. The molecule has 0 spiro atoms. The van der Waals surface area contributed by atoms with E-state index in [-0.39, 0.29) is 0 Å². The predicted octanol–water partition coefficient (Wildman–Crippen LogP) is 2.66. The van der Waals surface area contributed by atoms with Crippen LogP contribution in [0.3, 0.4) is 0 Å². The second-order valence-electron chi connectivity index (χ2n) is 5.49. The van der Waals surface area contributed by atoms with E-state index in [0.717, 1.165) is 44.0 Å². The molecule has 1 aromatic heterocycles. The Labute approximate surface area is 115 Å². The van der Waals surface area contributed by atoms with E-state index < -0.39 is 0 Å². The molecule has 1 N–H and O–H groups in total. The third-order valence-corrected chi connectivity index (χ3v) is 4.05. The minimum Gasteiger partial charge on any atom is -0.381 e. The first-order chi connectivity index (χ1) is 9.35. The van der Waals surface area contributed by atoms with Gasteiger partial charge in [0.2, 0.25) is 0 Å². The molecule has 2 aliphatic rings. The zero-order valence-electron chi connectivity index (χ0n) is 11.6. The van der Waals surface area contributed by atoms with Crippen LogP contribution in [0, 0.1) is 0 Å². The summed E-state index contributed by atoms with van der Waals surface area (Å²) >= 11 is 0. The van der Waals surface area contributed by atoms with Crippen LogP contribution < -0.4 is 10.2 Å². The van der Waals surface area contributed by atoms with Crippen molar-refractivity contribution in [2.75, 3.05) is 29.9 Å². The lowest BCUT2D eigenvalue weighted by molar-refractivity contribution is 0.00299. The Balaban J connectivity index is 1.49. The third kappa shape index (κ3) is 3.00. The van der Waals surface area contributed by atoms with Crippen LogP contribution in [0.5, 0.6) is 0 Å². The van der Waals surface area contributed by atoms with Crippen molar-refractivity contribution in [1.82, 2.24) is 4.98 Å². The van der Waals surface area contributed by atoms with Crippen LogP contribution in [-0.2, 0) is 4.74 Å². The molecule has 0 aromatic carbocycles. The molecule has 1 saturated heterocycles. The summed E-state index contributed by atoms with van der Waals surface area (Å²) in [5.74, 6) is 1.11. The van der Waals surface area contributed by atoms with Crippen molar-refractivity contribution in [3.05, 3.63) is 18.3 Å². The molecular formula is C15H23N3O. The van der Waals surface area contributed by atoms with Gasteiger partial charge in [-0.25, -0.2) is 4.98 Å². The van der Waals surface area contributed by atoms with Crippen LogP contribution in [0.2, 0.25) is 0 Å². The number of rotatable bonds is 5. The monoisotopic (exact) mass is 261 g/mol. The molecule has 0 radical (unpaired) electrons. The van der Waals surface area contributed by atoms with Gasteiger partial charge in [0.1, 0.15) is 5.82 Å². The van der Waals surface area contributed by atoms with Crippen molar-refractivity contribution in [3.63, 3.8) is 0 Å². The smallest absolute Gasteiger partial charge is 0.128 e. The number of anilines is 2. The second kappa shape index (κ2) is 5.78. The summed E-state index contributed by atoms with van der Waals surface area (Å²) in [6.07, 6.45) is 7.23. The van der Waals surface area contributed by atoms with Crippen LogP contribution in [0.1, 0.15) is 32.6 Å². The molecule has 0 unspecified atom stereocenters. The topological polar surface area (TPSA) is 37.4 Å². The van der Waals surface area contributed by atoms with Gasteiger partial charge in [0, 0.05) is 25.7 Å². The normalized spacial score (nSPS) is 26.3. The summed E-state index contributed by atoms with van der Waals surface area (Å²) in [7, 11) is 0. The van der Waals surface area contributed by atoms with Gasteiger partial charge in [0.15, 0.2) is 0 Å². The molecule has 0 amide bonds. The molecule has 3 rings (SSSR count). The maximum atomic E-state index is 5.57. The molecule has 19 heavy (non-hydrogen) atoms. The van der Waals surface area contributed by atoms with E-state index >= 15 is 0 Å². The average molecular weight is 261 g/mol. The zero-order valence-corrected chi connectivity index (χ0v) is 11.6. The fourth-order valence-corrected chi connectivity index (χ4v) is 2.90. The highest BCUT2D eigenvalue weighted by atomic mass is 16.5. The van der Waals surface area contributed by atoms with Crippen molar-refractivity contribution >= 4 is 11.5 Å². The quantitative estimate of drug-likeness (QED) is 0.884. The van der Waals surface area contributed by atoms with E-state index in [9.17, 15) is 0 Å². The Kier molecular flexibility index (Phi) is 3.87. The molecule has 1 aliphatic carbocycles. The third-order valence-electron chi connectivity index (χ3n) is 4.05. The molecule has 0 bridgehead atoms. The molecule has 0 atom stereocenters. The van der Waals surface area contributed by atoms with Gasteiger partial charge in [-0.1, -0.05) is 0 Å². The van der Waals surface area contributed by atoms with E-state index in [4.69, 9.17) is 4.74 Å². The fraction of sp³-hybridized carbons (Fsp3) is 0.667. The highest BCUT2D eigenvalue weighted by Gasteiger charge is 2.29. The standard InChI is InChI=1S/C15H23N3O/c1-2-19-14-9-13(10-14)17-12-5-6-15(16-11-12)18-7-3-4-8-18/h5-6,11,13-14,17H,2-4,7-10H2,1H3. The molecule has 4 heteroatoms. The van der Waals surface area contributed by atoms with E-state index in [1.54, 1.807) is 0 Å². The Bertz CT molecular complexity index is 394. The number of hydrogen-bond donors (Lipinski definition) is 1. The molecule has 4 nitrogen and oxygen atoms in total. The van der Waals surface area contributed by atoms with Gasteiger partial charge in [0.05, 0.1) is 18.0 Å².